The largest absolute Gasteiger partial charge is 0.451 e. The second-order valence-corrected chi connectivity index (χ2v) is 7.43. The number of carbonyl (C=O) groups excluding carboxylic acids is 4. The van der Waals surface area contributed by atoms with E-state index in [1.165, 1.54) is 0 Å². The van der Waals surface area contributed by atoms with Crippen LogP contribution in [0.4, 0.5) is 5.69 Å². The van der Waals surface area contributed by atoms with Crippen molar-refractivity contribution in [2.45, 2.75) is 19.8 Å². The van der Waals surface area contributed by atoms with Crippen molar-refractivity contribution in [1.82, 2.24) is 16.2 Å². The summed E-state index contributed by atoms with van der Waals surface area (Å²) in [6.07, 6.45) is 1.35. The van der Waals surface area contributed by atoms with Gasteiger partial charge in [-0.3, -0.25) is 30.0 Å². The van der Waals surface area contributed by atoms with Crippen LogP contribution in [-0.2, 0) is 9.59 Å². The summed E-state index contributed by atoms with van der Waals surface area (Å²) < 4.78 is 5.54. The van der Waals surface area contributed by atoms with Gasteiger partial charge < -0.3 is 14.6 Å². The van der Waals surface area contributed by atoms with Gasteiger partial charge in [0.15, 0.2) is 5.76 Å². The lowest BCUT2D eigenvalue weighted by molar-refractivity contribution is -0.121. The third-order valence-corrected chi connectivity index (χ3v) is 5.29. The van der Waals surface area contributed by atoms with Gasteiger partial charge in [0.2, 0.25) is 5.91 Å². The van der Waals surface area contributed by atoms with Crippen LogP contribution in [0.2, 0.25) is 0 Å². The molecule has 4 amide bonds. The van der Waals surface area contributed by atoms with Crippen molar-refractivity contribution < 1.29 is 23.6 Å². The summed E-state index contributed by atoms with van der Waals surface area (Å²) in [5, 5.41) is 3.30. The molecule has 2 heterocycles. The van der Waals surface area contributed by atoms with E-state index in [0.717, 1.165) is 17.5 Å². The van der Waals surface area contributed by atoms with Crippen LogP contribution in [0.3, 0.4) is 0 Å². The lowest BCUT2D eigenvalue weighted by Crippen LogP contribution is -2.46. The highest BCUT2D eigenvalue weighted by molar-refractivity contribution is 6.01. The van der Waals surface area contributed by atoms with Crippen LogP contribution in [0.1, 0.15) is 39.3 Å². The molecule has 0 bridgehead atoms. The average Bonchev–Trinajstić information content (AvgIpc) is 3.39. The van der Waals surface area contributed by atoms with E-state index in [9.17, 15) is 19.2 Å². The lowest BCUT2D eigenvalue weighted by Gasteiger charge is -2.15. The predicted molar refractivity (Wildman–Crippen MR) is 117 cm³/mol. The van der Waals surface area contributed by atoms with Gasteiger partial charge in [-0.2, -0.15) is 0 Å². The molecule has 1 aromatic heterocycles. The number of hydrogen-bond acceptors (Lipinski definition) is 5. The van der Waals surface area contributed by atoms with Crippen LogP contribution in [0.25, 0.3) is 11.0 Å². The first-order valence-corrected chi connectivity index (χ1v) is 10.2. The third kappa shape index (κ3) is 4.31. The number of hydrogen-bond donors (Lipinski definition) is 3. The maximum atomic E-state index is 12.3. The highest BCUT2D eigenvalue weighted by Crippen LogP contribution is 2.24. The van der Waals surface area contributed by atoms with Crippen molar-refractivity contribution in [3.63, 3.8) is 0 Å². The van der Waals surface area contributed by atoms with Crippen LogP contribution >= 0.6 is 0 Å². The molecule has 164 valence electrons. The van der Waals surface area contributed by atoms with E-state index < -0.39 is 17.7 Å². The number of anilines is 1. The first-order chi connectivity index (χ1) is 15.4. The van der Waals surface area contributed by atoms with Gasteiger partial charge in [-0.25, -0.2) is 0 Å². The lowest BCUT2D eigenvalue weighted by atomic mass is 10.1. The number of rotatable bonds is 5. The highest BCUT2D eigenvalue weighted by Gasteiger charge is 2.22. The number of para-hydroxylation sites is 1. The molecule has 4 rings (SSSR count). The molecule has 0 radical (unpaired) electrons. The molecule has 0 atom stereocenters. The molecule has 1 aliphatic rings. The van der Waals surface area contributed by atoms with E-state index in [0.29, 0.717) is 29.7 Å². The Kier molecular flexibility index (Phi) is 5.89. The van der Waals surface area contributed by atoms with E-state index >= 15 is 0 Å². The van der Waals surface area contributed by atoms with E-state index in [1.54, 1.807) is 48.2 Å². The smallest absolute Gasteiger partial charge is 0.305 e. The number of amides is 4. The fourth-order valence-electron chi connectivity index (χ4n) is 3.59. The van der Waals surface area contributed by atoms with Crippen LogP contribution in [-0.4, -0.2) is 36.7 Å². The summed E-state index contributed by atoms with van der Waals surface area (Å²) in [5.74, 6) is -1.46. The molecule has 32 heavy (non-hydrogen) atoms. The van der Waals surface area contributed by atoms with Crippen LogP contribution < -0.4 is 21.1 Å². The SMILES string of the molecule is Cc1c(C(=O)NNC(=O)CNC(=O)c2ccc(N3CCCC3=O)cc2)oc2ccccc12. The van der Waals surface area contributed by atoms with Gasteiger partial charge >= 0.3 is 5.91 Å². The minimum atomic E-state index is -0.597. The minimum absolute atomic E-state index is 0.0683. The normalized spacial score (nSPS) is 13.3. The van der Waals surface area contributed by atoms with Gasteiger partial charge in [-0.05, 0) is 43.7 Å². The molecule has 0 unspecified atom stereocenters. The van der Waals surface area contributed by atoms with Crippen molar-refractivity contribution in [1.29, 1.82) is 0 Å². The minimum Gasteiger partial charge on any atom is -0.451 e. The average molecular weight is 434 g/mol. The van der Waals surface area contributed by atoms with Gasteiger partial charge in [0.25, 0.3) is 11.8 Å². The van der Waals surface area contributed by atoms with E-state index in [1.807, 2.05) is 12.1 Å². The molecular weight excluding hydrogens is 412 g/mol. The quantitative estimate of drug-likeness (QED) is 0.531. The Morgan fingerprint density at radius 3 is 2.44 bits per heavy atom. The number of aryl methyl sites for hydroxylation is 1. The van der Waals surface area contributed by atoms with Crippen molar-refractivity contribution in [3.05, 3.63) is 65.4 Å². The summed E-state index contributed by atoms with van der Waals surface area (Å²) in [4.78, 5) is 50.1. The molecule has 0 saturated carbocycles. The fraction of sp³-hybridized carbons (Fsp3) is 0.217. The Balaban J connectivity index is 1.27. The molecule has 1 saturated heterocycles. The Morgan fingerprint density at radius 2 is 1.75 bits per heavy atom. The van der Waals surface area contributed by atoms with Gasteiger partial charge in [0, 0.05) is 35.2 Å². The maximum absolute atomic E-state index is 12.3. The summed E-state index contributed by atoms with van der Waals surface area (Å²) in [5.41, 5.74) is 6.88. The number of furan rings is 1. The first kappa shape index (κ1) is 21.1. The number of hydrazine groups is 1. The summed E-state index contributed by atoms with van der Waals surface area (Å²) in [6, 6.07) is 13.8. The van der Waals surface area contributed by atoms with E-state index in [-0.39, 0.29) is 18.2 Å². The Morgan fingerprint density at radius 1 is 1.00 bits per heavy atom. The molecule has 0 spiro atoms. The summed E-state index contributed by atoms with van der Waals surface area (Å²) in [7, 11) is 0. The van der Waals surface area contributed by atoms with Crippen molar-refractivity contribution in [2.75, 3.05) is 18.0 Å². The zero-order valence-corrected chi connectivity index (χ0v) is 17.4. The van der Waals surface area contributed by atoms with Crippen LogP contribution in [0.15, 0.2) is 52.9 Å². The van der Waals surface area contributed by atoms with Crippen molar-refractivity contribution in [2.24, 2.45) is 0 Å². The molecule has 9 nitrogen and oxygen atoms in total. The summed E-state index contributed by atoms with van der Waals surface area (Å²) >= 11 is 0. The first-order valence-electron chi connectivity index (χ1n) is 10.2. The molecule has 3 aromatic rings. The molecule has 1 aliphatic heterocycles. The third-order valence-electron chi connectivity index (χ3n) is 5.29. The second-order valence-electron chi connectivity index (χ2n) is 7.43. The number of nitrogens with zero attached hydrogens (tertiary/aromatic N) is 1. The van der Waals surface area contributed by atoms with Crippen molar-refractivity contribution in [3.8, 4) is 0 Å². The van der Waals surface area contributed by atoms with Gasteiger partial charge in [0.1, 0.15) is 5.58 Å². The molecule has 0 aliphatic carbocycles. The zero-order chi connectivity index (χ0) is 22.7. The van der Waals surface area contributed by atoms with Crippen LogP contribution in [0, 0.1) is 6.92 Å². The Labute approximate surface area is 183 Å². The number of carbonyl (C=O) groups is 4. The van der Waals surface area contributed by atoms with E-state index in [4.69, 9.17) is 4.42 Å². The fourth-order valence-corrected chi connectivity index (χ4v) is 3.59. The molecule has 1 fully saturated rings. The Hall–Kier alpha value is -4.14. The monoisotopic (exact) mass is 434 g/mol. The standard InChI is InChI=1S/C23H22N4O5/c1-14-17-5-2-3-6-18(17)32-21(14)23(31)26-25-19(28)13-24-22(30)15-8-10-16(11-9-15)27-12-4-7-20(27)29/h2-3,5-6,8-11H,4,7,12-13H2,1H3,(H,24,30)(H,25,28)(H,26,31). The number of nitrogens with one attached hydrogen (secondary N) is 3. The number of benzene rings is 2. The molecule has 3 N–H and O–H groups in total. The summed E-state index contributed by atoms with van der Waals surface area (Å²) in [6.45, 7) is 2.10. The van der Waals surface area contributed by atoms with Gasteiger partial charge in [0.05, 0.1) is 6.54 Å². The second kappa shape index (κ2) is 8.93. The predicted octanol–water partition coefficient (Wildman–Crippen LogP) is 2.06. The zero-order valence-electron chi connectivity index (χ0n) is 17.4. The highest BCUT2D eigenvalue weighted by atomic mass is 16.3. The Bertz CT molecular complexity index is 1200. The van der Waals surface area contributed by atoms with Gasteiger partial charge in [-0.15, -0.1) is 0 Å². The topological polar surface area (TPSA) is 121 Å². The molecule has 2 aromatic carbocycles. The molecule has 9 heteroatoms. The maximum Gasteiger partial charge on any atom is 0.305 e. The van der Waals surface area contributed by atoms with Crippen molar-refractivity contribution >= 4 is 40.3 Å². The number of fused-ring (bicyclic) bond motifs is 1. The van der Waals surface area contributed by atoms with E-state index in [2.05, 4.69) is 16.2 Å². The van der Waals surface area contributed by atoms with Crippen LogP contribution in [0.5, 0.6) is 0 Å². The molecular formula is C23H22N4O5. The van der Waals surface area contributed by atoms with Gasteiger partial charge in [-0.1, -0.05) is 18.2 Å².